The number of rotatable bonds is 6. The van der Waals surface area contributed by atoms with Crippen molar-refractivity contribution in [1.82, 2.24) is 14.9 Å². The first-order valence-corrected chi connectivity index (χ1v) is 7.87. The van der Waals surface area contributed by atoms with Crippen LogP contribution in [0.25, 0.3) is 0 Å². The van der Waals surface area contributed by atoms with Crippen molar-refractivity contribution in [2.24, 2.45) is 5.92 Å². The fourth-order valence-corrected chi connectivity index (χ4v) is 3.08. The molecule has 1 aliphatic carbocycles. The van der Waals surface area contributed by atoms with Gasteiger partial charge in [0.05, 0.1) is 5.69 Å². The van der Waals surface area contributed by atoms with Crippen LogP contribution in [0, 0.1) is 12.8 Å². The summed E-state index contributed by atoms with van der Waals surface area (Å²) in [6.45, 7) is 11.2. The van der Waals surface area contributed by atoms with E-state index in [1.165, 1.54) is 49.3 Å². The molecule has 0 fully saturated rings. The Hall–Kier alpha value is -0.830. The summed E-state index contributed by atoms with van der Waals surface area (Å²) in [4.78, 5) is 4.76. The van der Waals surface area contributed by atoms with Gasteiger partial charge in [-0.15, -0.1) is 0 Å². The van der Waals surface area contributed by atoms with E-state index >= 15 is 0 Å². The van der Waals surface area contributed by atoms with E-state index in [9.17, 15) is 0 Å². The molecule has 0 saturated heterocycles. The van der Waals surface area contributed by atoms with Gasteiger partial charge in [-0.05, 0) is 58.4 Å². The summed E-state index contributed by atoms with van der Waals surface area (Å²) in [5.41, 5.74) is 2.86. The van der Waals surface area contributed by atoms with Crippen LogP contribution in [0.3, 0.4) is 0 Å². The Balaban J connectivity index is 1.95. The van der Waals surface area contributed by atoms with Crippen LogP contribution in [-0.4, -0.2) is 22.6 Å². The zero-order chi connectivity index (χ0) is 13.8. The second-order valence-electron chi connectivity index (χ2n) is 6.37. The van der Waals surface area contributed by atoms with Crippen LogP contribution in [-0.2, 0) is 12.8 Å². The Morgan fingerprint density at radius 3 is 2.68 bits per heavy atom. The predicted molar refractivity (Wildman–Crippen MR) is 80.6 cm³/mol. The molecule has 0 radical (unpaired) electrons. The molecule has 1 aromatic rings. The van der Waals surface area contributed by atoms with Crippen molar-refractivity contribution in [1.29, 1.82) is 0 Å². The average Bonchev–Trinajstić information content (AvgIpc) is 2.70. The molecule has 1 heterocycles. The molecule has 0 aromatic carbocycles. The fraction of sp³-hybridized carbons (Fsp3) is 0.812. The van der Waals surface area contributed by atoms with Gasteiger partial charge in [0, 0.05) is 18.3 Å². The Morgan fingerprint density at radius 1 is 1.21 bits per heavy atom. The van der Waals surface area contributed by atoms with Crippen molar-refractivity contribution in [3.05, 3.63) is 17.2 Å². The maximum absolute atomic E-state index is 4.76. The van der Waals surface area contributed by atoms with Crippen molar-refractivity contribution in [3.8, 4) is 0 Å². The van der Waals surface area contributed by atoms with E-state index in [1.54, 1.807) is 0 Å². The number of nitrogens with one attached hydrogen (secondary N) is 1. The topological polar surface area (TPSA) is 29.9 Å². The quantitative estimate of drug-likeness (QED) is 0.798. The zero-order valence-electron chi connectivity index (χ0n) is 13.0. The number of hydrogen-bond donors (Lipinski definition) is 1. The molecular formula is C16H29N3. The summed E-state index contributed by atoms with van der Waals surface area (Å²) in [7, 11) is 0. The van der Waals surface area contributed by atoms with Crippen LogP contribution in [0.2, 0.25) is 0 Å². The normalized spacial score (nSPS) is 16.7. The van der Waals surface area contributed by atoms with E-state index < -0.39 is 0 Å². The third-order valence-corrected chi connectivity index (χ3v) is 4.13. The predicted octanol–water partition coefficient (Wildman–Crippen LogP) is 3.27. The average molecular weight is 263 g/mol. The number of nitrogens with zero attached hydrogens (tertiary/aromatic N) is 2. The lowest BCUT2D eigenvalue weighted by molar-refractivity contribution is 0.448. The second-order valence-corrected chi connectivity index (χ2v) is 6.37. The van der Waals surface area contributed by atoms with Crippen LogP contribution in [0.15, 0.2) is 0 Å². The third kappa shape index (κ3) is 3.59. The van der Waals surface area contributed by atoms with Gasteiger partial charge in [-0.3, -0.25) is 0 Å². The summed E-state index contributed by atoms with van der Waals surface area (Å²) in [6.07, 6.45) is 6.28. The molecule has 2 rings (SSSR count). The zero-order valence-corrected chi connectivity index (χ0v) is 13.0. The lowest BCUT2D eigenvalue weighted by atomic mass is 10.0. The molecule has 0 bridgehead atoms. The van der Waals surface area contributed by atoms with Crippen LogP contribution in [0.4, 0.5) is 0 Å². The smallest absolute Gasteiger partial charge is 0.106 e. The molecule has 0 saturated carbocycles. The van der Waals surface area contributed by atoms with Crippen LogP contribution < -0.4 is 5.32 Å². The third-order valence-electron chi connectivity index (χ3n) is 4.13. The first-order chi connectivity index (χ1) is 9.09. The number of aromatic nitrogens is 2. The first kappa shape index (κ1) is 14.6. The standard InChI is InChI=1S/C16H29N3/c1-12(2)9-10-17-11-13(3)19-14(4)18-15-7-5-6-8-16(15)19/h12-13,17H,5-11H2,1-4H3. The van der Waals surface area contributed by atoms with Gasteiger partial charge in [-0.2, -0.15) is 0 Å². The second kappa shape index (κ2) is 6.56. The minimum atomic E-state index is 0.515. The summed E-state index contributed by atoms with van der Waals surface area (Å²) < 4.78 is 2.47. The Morgan fingerprint density at radius 2 is 1.95 bits per heavy atom. The fourth-order valence-electron chi connectivity index (χ4n) is 3.08. The molecule has 108 valence electrons. The largest absolute Gasteiger partial charge is 0.328 e. The van der Waals surface area contributed by atoms with E-state index in [4.69, 9.17) is 4.98 Å². The van der Waals surface area contributed by atoms with E-state index in [0.29, 0.717) is 6.04 Å². The monoisotopic (exact) mass is 263 g/mol. The summed E-state index contributed by atoms with van der Waals surface area (Å²) in [6, 6.07) is 0.515. The summed E-state index contributed by atoms with van der Waals surface area (Å²) >= 11 is 0. The van der Waals surface area contributed by atoms with Gasteiger partial charge in [-0.25, -0.2) is 4.98 Å². The molecule has 0 aliphatic heterocycles. The van der Waals surface area contributed by atoms with Crippen LogP contribution in [0.1, 0.15) is 63.3 Å². The molecule has 1 aliphatic rings. The molecule has 1 unspecified atom stereocenters. The summed E-state index contributed by atoms with van der Waals surface area (Å²) in [5.74, 6) is 1.98. The van der Waals surface area contributed by atoms with Crippen LogP contribution in [0.5, 0.6) is 0 Å². The van der Waals surface area contributed by atoms with Gasteiger partial charge >= 0.3 is 0 Å². The number of fused-ring (bicyclic) bond motifs is 1. The van der Waals surface area contributed by atoms with Crippen molar-refractivity contribution in [3.63, 3.8) is 0 Å². The minimum absolute atomic E-state index is 0.515. The lowest BCUT2D eigenvalue weighted by Gasteiger charge is -2.21. The molecular weight excluding hydrogens is 234 g/mol. The molecule has 3 heteroatoms. The van der Waals surface area contributed by atoms with Gasteiger partial charge < -0.3 is 9.88 Å². The van der Waals surface area contributed by atoms with E-state index in [0.717, 1.165) is 19.0 Å². The Bertz CT molecular complexity index is 406. The Kier molecular flexibility index (Phi) is 5.03. The molecule has 19 heavy (non-hydrogen) atoms. The van der Waals surface area contributed by atoms with E-state index in [1.807, 2.05) is 0 Å². The van der Waals surface area contributed by atoms with E-state index in [-0.39, 0.29) is 0 Å². The van der Waals surface area contributed by atoms with Crippen molar-refractivity contribution >= 4 is 0 Å². The molecule has 0 spiro atoms. The Labute approximate surface area is 117 Å². The first-order valence-electron chi connectivity index (χ1n) is 7.87. The van der Waals surface area contributed by atoms with Crippen molar-refractivity contribution in [2.75, 3.05) is 13.1 Å². The maximum Gasteiger partial charge on any atom is 0.106 e. The highest BCUT2D eigenvalue weighted by Gasteiger charge is 2.20. The van der Waals surface area contributed by atoms with Gasteiger partial charge in [0.15, 0.2) is 0 Å². The minimum Gasteiger partial charge on any atom is -0.328 e. The van der Waals surface area contributed by atoms with Gasteiger partial charge in [-0.1, -0.05) is 13.8 Å². The molecule has 0 amide bonds. The number of imidazole rings is 1. The number of hydrogen-bond acceptors (Lipinski definition) is 2. The van der Waals surface area contributed by atoms with Gasteiger partial charge in [0.25, 0.3) is 0 Å². The highest BCUT2D eigenvalue weighted by atomic mass is 15.1. The molecule has 1 N–H and O–H groups in total. The molecule has 1 atom stereocenters. The van der Waals surface area contributed by atoms with Crippen molar-refractivity contribution < 1.29 is 0 Å². The summed E-state index contributed by atoms with van der Waals surface area (Å²) in [5, 5.41) is 3.59. The van der Waals surface area contributed by atoms with Gasteiger partial charge in [0.1, 0.15) is 5.82 Å². The van der Waals surface area contributed by atoms with Crippen molar-refractivity contribution in [2.45, 2.75) is 65.8 Å². The molecule has 1 aromatic heterocycles. The molecule has 3 nitrogen and oxygen atoms in total. The van der Waals surface area contributed by atoms with Gasteiger partial charge in [0.2, 0.25) is 0 Å². The highest BCUT2D eigenvalue weighted by molar-refractivity contribution is 5.20. The lowest BCUT2D eigenvalue weighted by Crippen LogP contribution is -2.27. The maximum atomic E-state index is 4.76. The van der Waals surface area contributed by atoms with Crippen LogP contribution >= 0.6 is 0 Å². The number of aryl methyl sites for hydroxylation is 2. The SMILES string of the molecule is Cc1nc2c(n1C(C)CNCCC(C)C)CCCC2. The van der Waals surface area contributed by atoms with E-state index in [2.05, 4.69) is 37.6 Å². The highest BCUT2D eigenvalue weighted by Crippen LogP contribution is 2.25.